The van der Waals surface area contributed by atoms with E-state index < -0.39 is 0 Å². The van der Waals surface area contributed by atoms with Crippen LogP contribution in [0.2, 0.25) is 0 Å². The first kappa shape index (κ1) is 17.9. The van der Waals surface area contributed by atoms with Gasteiger partial charge in [0.1, 0.15) is 5.82 Å². The van der Waals surface area contributed by atoms with E-state index >= 15 is 0 Å². The predicted octanol–water partition coefficient (Wildman–Crippen LogP) is 2.11. The van der Waals surface area contributed by atoms with Gasteiger partial charge in [-0.3, -0.25) is 4.90 Å². The van der Waals surface area contributed by atoms with Gasteiger partial charge in [-0.2, -0.15) is 0 Å². The predicted molar refractivity (Wildman–Crippen MR) is 110 cm³/mol. The van der Waals surface area contributed by atoms with Crippen molar-refractivity contribution < 1.29 is 9.47 Å². The molecule has 1 aromatic heterocycles. The van der Waals surface area contributed by atoms with E-state index in [9.17, 15) is 0 Å². The highest BCUT2D eigenvalue weighted by Crippen LogP contribution is 2.39. The molecule has 0 amide bonds. The zero-order chi connectivity index (χ0) is 18.8. The van der Waals surface area contributed by atoms with Crippen LogP contribution in [-0.2, 0) is 21.4 Å². The van der Waals surface area contributed by atoms with Gasteiger partial charge in [0.2, 0.25) is 0 Å². The number of anilines is 2. The minimum atomic E-state index is -0.141. The number of nitrogens with one attached hydrogen (secondary N) is 1. The van der Waals surface area contributed by atoms with Gasteiger partial charge in [0.15, 0.2) is 0 Å². The second kappa shape index (κ2) is 7.70. The molecule has 6 nitrogen and oxygen atoms in total. The Labute approximate surface area is 166 Å². The number of hydrogen-bond donors (Lipinski definition) is 1. The molecule has 0 radical (unpaired) electrons. The standard InChI is InChI=1S/C22H28N4O2/c1-2-18-16-22(24-21(18)23-7-1,17-25-8-12-27-13-9-25)19-3-5-20(6-4-19)26-10-14-28-15-11-26/h1-7H,8-17H2,(H,23,24). The van der Waals surface area contributed by atoms with Crippen molar-refractivity contribution in [3.05, 3.63) is 53.7 Å². The van der Waals surface area contributed by atoms with Gasteiger partial charge >= 0.3 is 0 Å². The molecule has 2 fully saturated rings. The van der Waals surface area contributed by atoms with Crippen molar-refractivity contribution in [3.8, 4) is 0 Å². The maximum Gasteiger partial charge on any atom is 0.129 e. The second-order valence-corrected chi connectivity index (χ2v) is 7.93. The minimum absolute atomic E-state index is 0.141. The lowest BCUT2D eigenvalue weighted by Gasteiger charge is -2.38. The van der Waals surface area contributed by atoms with E-state index in [-0.39, 0.29) is 5.54 Å². The van der Waals surface area contributed by atoms with Crippen LogP contribution in [-0.4, -0.2) is 69.0 Å². The zero-order valence-corrected chi connectivity index (χ0v) is 16.3. The maximum atomic E-state index is 5.56. The van der Waals surface area contributed by atoms with Crippen LogP contribution in [0.3, 0.4) is 0 Å². The Morgan fingerprint density at radius 2 is 1.64 bits per heavy atom. The summed E-state index contributed by atoms with van der Waals surface area (Å²) in [6, 6.07) is 13.3. The van der Waals surface area contributed by atoms with Gasteiger partial charge in [-0.25, -0.2) is 4.98 Å². The summed E-state index contributed by atoms with van der Waals surface area (Å²) in [5.74, 6) is 1.02. The molecule has 3 aliphatic rings. The fourth-order valence-electron chi connectivity index (χ4n) is 4.60. The average molecular weight is 380 g/mol. The molecule has 6 heteroatoms. The molecule has 28 heavy (non-hydrogen) atoms. The Bertz CT molecular complexity index is 773. The fourth-order valence-corrected chi connectivity index (χ4v) is 4.60. The molecule has 1 aromatic carbocycles. The molecule has 5 rings (SSSR count). The van der Waals surface area contributed by atoms with Crippen LogP contribution in [0.5, 0.6) is 0 Å². The van der Waals surface area contributed by atoms with Crippen molar-refractivity contribution in [2.24, 2.45) is 0 Å². The molecule has 2 saturated heterocycles. The fraction of sp³-hybridized carbons (Fsp3) is 0.500. The summed E-state index contributed by atoms with van der Waals surface area (Å²) in [6.45, 7) is 8.12. The Morgan fingerprint density at radius 3 is 2.36 bits per heavy atom. The number of morpholine rings is 2. The molecular weight excluding hydrogens is 352 g/mol. The van der Waals surface area contributed by atoms with E-state index in [1.54, 1.807) is 0 Å². The first-order valence-electron chi connectivity index (χ1n) is 10.3. The first-order valence-corrected chi connectivity index (χ1v) is 10.3. The second-order valence-electron chi connectivity index (χ2n) is 7.93. The monoisotopic (exact) mass is 380 g/mol. The number of rotatable bonds is 4. The number of nitrogens with zero attached hydrogens (tertiary/aromatic N) is 3. The van der Waals surface area contributed by atoms with Gasteiger partial charge in [-0.15, -0.1) is 0 Å². The number of benzene rings is 1. The van der Waals surface area contributed by atoms with E-state index in [4.69, 9.17) is 9.47 Å². The summed E-state index contributed by atoms with van der Waals surface area (Å²) in [4.78, 5) is 9.50. The van der Waals surface area contributed by atoms with Crippen molar-refractivity contribution >= 4 is 11.5 Å². The van der Waals surface area contributed by atoms with Crippen LogP contribution >= 0.6 is 0 Å². The summed E-state index contributed by atoms with van der Waals surface area (Å²) in [6.07, 6.45) is 2.84. The zero-order valence-electron chi connectivity index (χ0n) is 16.3. The van der Waals surface area contributed by atoms with E-state index in [1.807, 2.05) is 12.3 Å². The van der Waals surface area contributed by atoms with Crippen LogP contribution in [0.15, 0.2) is 42.6 Å². The van der Waals surface area contributed by atoms with Crippen molar-refractivity contribution in [2.75, 3.05) is 69.4 Å². The molecule has 148 valence electrons. The van der Waals surface area contributed by atoms with Gasteiger partial charge < -0.3 is 19.7 Å². The van der Waals surface area contributed by atoms with Crippen molar-refractivity contribution in [1.29, 1.82) is 0 Å². The molecule has 0 saturated carbocycles. The van der Waals surface area contributed by atoms with Crippen LogP contribution in [0.25, 0.3) is 0 Å². The van der Waals surface area contributed by atoms with Gasteiger partial charge in [0.25, 0.3) is 0 Å². The third kappa shape index (κ3) is 3.48. The molecule has 1 unspecified atom stereocenters. The summed E-state index contributed by atoms with van der Waals surface area (Å²) >= 11 is 0. The maximum absolute atomic E-state index is 5.56. The van der Waals surface area contributed by atoms with Crippen LogP contribution in [0, 0.1) is 0 Å². The largest absolute Gasteiger partial charge is 0.379 e. The molecule has 4 heterocycles. The van der Waals surface area contributed by atoms with Gasteiger partial charge in [0, 0.05) is 51.0 Å². The first-order chi connectivity index (χ1) is 13.8. The third-order valence-electron chi connectivity index (χ3n) is 6.13. The van der Waals surface area contributed by atoms with E-state index in [0.29, 0.717) is 0 Å². The highest BCUT2D eigenvalue weighted by molar-refractivity contribution is 5.58. The minimum Gasteiger partial charge on any atom is -0.379 e. The molecule has 2 aromatic rings. The van der Waals surface area contributed by atoms with Crippen molar-refractivity contribution in [1.82, 2.24) is 9.88 Å². The average Bonchev–Trinajstić information content (AvgIpc) is 3.14. The molecule has 1 N–H and O–H groups in total. The summed E-state index contributed by atoms with van der Waals surface area (Å²) in [7, 11) is 0. The SMILES string of the molecule is c1cnc2c(c1)CC(CN1CCOCC1)(c1ccc(N3CCOCC3)cc1)N2. The van der Waals surface area contributed by atoms with E-state index in [1.165, 1.54) is 16.8 Å². The summed E-state index contributed by atoms with van der Waals surface area (Å²) in [5, 5.41) is 3.78. The Kier molecular flexibility index (Phi) is 4.93. The number of pyridine rings is 1. The van der Waals surface area contributed by atoms with Crippen LogP contribution in [0.1, 0.15) is 11.1 Å². The quantitative estimate of drug-likeness (QED) is 0.877. The molecule has 3 aliphatic heterocycles. The van der Waals surface area contributed by atoms with E-state index in [2.05, 4.69) is 50.4 Å². The highest BCUT2D eigenvalue weighted by atomic mass is 16.5. The smallest absolute Gasteiger partial charge is 0.129 e. The summed E-state index contributed by atoms with van der Waals surface area (Å²) in [5.41, 5.74) is 3.77. The Morgan fingerprint density at radius 1 is 0.929 bits per heavy atom. The number of hydrogen-bond acceptors (Lipinski definition) is 6. The Hall–Kier alpha value is -2.15. The van der Waals surface area contributed by atoms with E-state index in [0.717, 1.165) is 71.4 Å². The molecule has 0 aliphatic carbocycles. The highest BCUT2D eigenvalue weighted by Gasteiger charge is 2.40. The number of ether oxygens (including phenoxy) is 2. The lowest BCUT2D eigenvalue weighted by Crippen LogP contribution is -2.49. The number of aromatic nitrogens is 1. The molecule has 0 spiro atoms. The Balaban J connectivity index is 1.43. The lowest BCUT2D eigenvalue weighted by atomic mass is 9.86. The third-order valence-corrected chi connectivity index (χ3v) is 6.13. The van der Waals surface area contributed by atoms with Gasteiger partial charge in [-0.05, 0) is 29.3 Å². The van der Waals surface area contributed by atoms with Crippen LogP contribution < -0.4 is 10.2 Å². The molecular formula is C22H28N4O2. The summed E-state index contributed by atoms with van der Waals surface area (Å²) < 4.78 is 11.0. The molecule has 0 bridgehead atoms. The normalized spacial score (nSPS) is 25.4. The lowest BCUT2D eigenvalue weighted by molar-refractivity contribution is 0.0294. The van der Waals surface area contributed by atoms with Crippen molar-refractivity contribution in [3.63, 3.8) is 0 Å². The van der Waals surface area contributed by atoms with Gasteiger partial charge in [0.05, 0.1) is 32.0 Å². The molecule has 1 atom stereocenters. The van der Waals surface area contributed by atoms with Crippen molar-refractivity contribution in [2.45, 2.75) is 12.0 Å². The number of fused-ring (bicyclic) bond motifs is 1. The van der Waals surface area contributed by atoms with Gasteiger partial charge in [-0.1, -0.05) is 18.2 Å². The van der Waals surface area contributed by atoms with Crippen LogP contribution in [0.4, 0.5) is 11.5 Å². The topological polar surface area (TPSA) is 49.9 Å².